The topological polar surface area (TPSA) is 98.2 Å². The van der Waals surface area contributed by atoms with E-state index in [1.54, 1.807) is 18.2 Å². The van der Waals surface area contributed by atoms with Crippen molar-refractivity contribution in [3.05, 3.63) is 23.2 Å². The molecule has 0 bridgehead atoms. The molecule has 0 saturated carbocycles. The van der Waals surface area contributed by atoms with Crippen LogP contribution in [0.2, 0.25) is 5.02 Å². The first-order valence-corrected chi connectivity index (χ1v) is 6.12. The van der Waals surface area contributed by atoms with Crippen LogP contribution in [0, 0.1) is 0 Å². The first-order chi connectivity index (χ1) is 7.99. The van der Waals surface area contributed by atoms with Crippen molar-refractivity contribution in [1.82, 2.24) is 5.32 Å². The van der Waals surface area contributed by atoms with Gasteiger partial charge < -0.3 is 11.5 Å². The molecule has 0 atom stereocenters. The fourth-order valence-corrected chi connectivity index (χ4v) is 2.30. The maximum Gasteiger partial charge on any atom is 0.318 e. The molecule has 0 radical (unpaired) electrons. The van der Waals surface area contributed by atoms with Crippen molar-refractivity contribution in [3.8, 4) is 0 Å². The zero-order chi connectivity index (χ0) is 12.8. The summed E-state index contributed by atoms with van der Waals surface area (Å²) in [7, 11) is 0. The lowest BCUT2D eigenvalue weighted by Gasteiger charge is -2.05. The molecule has 0 aromatic heterocycles. The van der Waals surface area contributed by atoms with E-state index in [9.17, 15) is 9.59 Å². The zero-order valence-corrected chi connectivity index (χ0v) is 10.5. The van der Waals surface area contributed by atoms with Gasteiger partial charge >= 0.3 is 6.03 Å². The number of amides is 3. The average molecular weight is 274 g/mol. The smallest absolute Gasteiger partial charge is 0.318 e. The molecule has 1 aromatic carbocycles. The highest BCUT2D eigenvalue weighted by molar-refractivity contribution is 7.99. The third kappa shape index (κ3) is 4.97. The van der Waals surface area contributed by atoms with E-state index >= 15 is 0 Å². The van der Waals surface area contributed by atoms with E-state index in [2.05, 4.69) is 0 Å². The van der Waals surface area contributed by atoms with E-state index in [1.807, 2.05) is 5.32 Å². The highest BCUT2D eigenvalue weighted by Gasteiger charge is 2.06. The van der Waals surface area contributed by atoms with Gasteiger partial charge in [-0.05, 0) is 18.2 Å². The van der Waals surface area contributed by atoms with Gasteiger partial charge in [0.25, 0.3) is 0 Å². The molecule has 0 spiro atoms. The SMILES string of the molecule is NC(=O)NC(=O)CCSc1cc(N)ccc1Cl. The van der Waals surface area contributed by atoms with E-state index in [-0.39, 0.29) is 6.42 Å². The molecule has 0 fully saturated rings. The number of rotatable bonds is 4. The van der Waals surface area contributed by atoms with Gasteiger partial charge in [0.1, 0.15) is 0 Å². The Morgan fingerprint density at radius 1 is 1.41 bits per heavy atom. The molecule has 5 nitrogen and oxygen atoms in total. The minimum absolute atomic E-state index is 0.179. The monoisotopic (exact) mass is 273 g/mol. The Hall–Kier alpha value is -1.40. The van der Waals surface area contributed by atoms with Gasteiger partial charge in [0.15, 0.2) is 0 Å². The van der Waals surface area contributed by atoms with Crippen molar-refractivity contribution in [2.75, 3.05) is 11.5 Å². The van der Waals surface area contributed by atoms with Gasteiger partial charge in [-0.1, -0.05) is 11.6 Å². The Morgan fingerprint density at radius 3 is 2.76 bits per heavy atom. The number of halogens is 1. The summed E-state index contributed by atoms with van der Waals surface area (Å²) in [5.41, 5.74) is 11.0. The van der Waals surface area contributed by atoms with Gasteiger partial charge in [-0.2, -0.15) is 0 Å². The summed E-state index contributed by atoms with van der Waals surface area (Å²) in [5, 5.41) is 2.57. The van der Waals surface area contributed by atoms with Crippen molar-refractivity contribution in [2.45, 2.75) is 11.3 Å². The number of urea groups is 1. The van der Waals surface area contributed by atoms with Gasteiger partial charge in [-0.25, -0.2) is 4.79 Å². The van der Waals surface area contributed by atoms with Crippen molar-refractivity contribution < 1.29 is 9.59 Å². The number of carbonyl (C=O) groups is 2. The number of carbonyl (C=O) groups excluding carboxylic acids is 2. The molecule has 0 heterocycles. The van der Waals surface area contributed by atoms with Crippen LogP contribution in [0.1, 0.15) is 6.42 Å². The third-order valence-corrected chi connectivity index (χ3v) is 3.30. The second-order valence-electron chi connectivity index (χ2n) is 3.20. The molecule has 1 rings (SSSR count). The van der Waals surface area contributed by atoms with Crippen LogP contribution in [-0.4, -0.2) is 17.7 Å². The number of hydrogen-bond acceptors (Lipinski definition) is 4. The number of nitrogens with one attached hydrogen (secondary N) is 1. The van der Waals surface area contributed by atoms with Gasteiger partial charge in [0, 0.05) is 22.8 Å². The Bertz CT molecular complexity index is 440. The predicted octanol–water partition coefficient (Wildman–Crippen LogP) is 1.60. The predicted molar refractivity (Wildman–Crippen MR) is 68.9 cm³/mol. The van der Waals surface area contributed by atoms with Gasteiger partial charge in [0.05, 0.1) is 5.02 Å². The summed E-state index contributed by atoms with van der Waals surface area (Å²) in [5.74, 6) is 0.0764. The highest BCUT2D eigenvalue weighted by Crippen LogP contribution is 2.29. The van der Waals surface area contributed by atoms with E-state index in [0.29, 0.717) is 16.5 Å². The van der Waals surface area contributed by atoms with Crippen LogP contribution in [-0.2, 0) is 4.79 Å². The van der Waals surface area contributed by atoms with Crippen LogP contribution in [0.4, 0.5) is 10.5 Å². The normalized spacial score (nSPS) is 9.94. The van der Waals surface area contributed by atoms with Crippen molar-refractivity contribution in [3.63, 3.8) is 0 Å². The number of imide groups is 1. The largest absolute Gasteiger partial charge is 0.399 e. The molecule has 0 aliphatic rings. The van der Waals surface area contributed by atoms with Crippen molar-refractivity contribution >= 4 is 41.0 Å². The molecule has 1 aromatic rings. The first kappa shape index (κ1) is 13.7. The Kier molecular flexibility index (Phi) is 5.11. The lowest BCUT2D eigenvalue weighted by atomic mass is 10.3. The summed E-state index contributed by atoms with van der Waals surface area (Å²) in [6, 6.07) is 4.29. The number of hydrogen-bond donors (Lipinski definition) is 3. The molecule has 7 heteroatoms. The van der Waals surface area contributed by atoms with Crippen molar-refractivity contribution in [1.29, 1.82) is 0 Å². The molecule has 0 saturated heterocycles. The molecular weight excluding hydrogens is 262 g/mol. The lowest BCUT2D eigenvalue weighted by Crippen LogP contribution is -2.35. The minimum Gasteiger partial charge on any atom is -0.399 e. The summed E-state index contributed by atoms with van der Waals surface area (Å²) >= 11 is 7.34. The van der Waals surface area contributed by atoms with E-state index in [0.717, 1.165) is 4.90 Å². The lowest BCUT2D eigenvalue weighted by molar-refractivity contribution is -0.119. The summed E-state index contributed by atoms with van der Waals surface area (Å²) in [4.78, 5) is 22.3. The number of benzene rings is 1. The zero-order valence-electron chi connectivity index (χ0n) is 8.90. The van der Waals surface area contributed by atoms with Crippen LogP contribution >= 0.6 is 23.4 Å². The van der Waals surface area contributed by atoms with Gasteiger partial charge in [-0.15, -0.1) is 11.8 Å². The molecule has 17 heavy (non-hydrogen) atoms. The molecule has 3 amide bonds. The van der Waals surface area contributed by atoms with Gasteiger partial charge in [0.2, 0.25) is 5.91 Å². The Labute approximate surface area is 108 Å². The molecule has 92 valence electrons. The van der Waals surface area contributed by atoms with E-state index < -0.39 is 11.9 Å². The number of nitrogens with two attached hydrogens (primary N) is 2. The fraction of sp³-hybridized carbons (Fsp3) is 0.200. The molecule has 0 unspecified atom stereocenters. The van der Waals surface area contributed by atoms with Gasteiger partial charge in [-0.3, -0.25) is 10.1 Å². The average Bonchev–Trinajstić information content (AvgIpc) is 2.22. The summed E-state index contributed by atoms with van der Waals surface area (Å²) < 4.78 is 0. The summed E-state index contributed by atoms with van der Waals surface area (Å²) in [6.45, 7) is 0. The number of nitrogen functional groups attached to an aromatic ring is 1. The second-order valence-corrected chi connectivity index (χ2v) is 4.74. The second kappa shape index (κ2) is 6.36. The standard InChI is InChI=1S/C10H12ClN3O2S/c11-7-2-1-6(12)5-8(7)17-4-3-9(15)14-10(13)16/h1-2,5H,3-4,12H2,(H3,13,14,15,16). The molecule has 0 aliphatic heterocycles. The molecule has 5 N–H and O–H groups in total. The highest BCUT2D eigenvalue weighted by atomic mass is 35.5. The molecule has 0 aliphatic carbocycles. The maximum atomic E-state index is 11.1. The number of anilines is 1. The van der Waals surface area contributed by atoms with E-state index in [1.165, 1.54) is 11.8 Å². The fourth-order valence-electron chi connectivity index (χ4n) is 1.08. The Morgan fingerprint density at radius 2 is 2.12 bits per heavy atom. The van der Waals surface area contributed by atoms with Crippen LogP contribution < -0.4 is 16.8 Å². The van der Waals surface area contributed by atoms with Crippen LogP contribution in [0.3, 0.4) is 0 Å². The number of thioether (sulfide) groups is 1. The maximum absolute atomic E-state index is 11.1. The van der Waals surface area contributed by atoms with E-state index in [4.69, 9.17) is 23.1 Å². The number of primary amides is 1. The van der Waals surface area contributed by atoms with Crippen molar-refractivity contribution in [2.24, 2.45) is 5.73 Å². The quantitative estimate of drug-likeness (QED) is 0.573. The Balaban J connectivity index is 2.43. The van der Waals surface area contributed by atoms with Crippen LogP contribution in [0.5, 0.6) is 0 Å². The first-order valence-electron chi connectivity index (χ1n) is 4.76. The third-order valence-electron chi connectivity index (χ3n) is 1.80. The van der Waals surface area contributed by atoms with Crippen LogP contribution in [0.25, 0.3) is 0 Å². The molecular formula is C10H12ClN3O2S. The summed E-state index contributed by atoms with van der Waals surface area (Å²) in [6.07, 6.45) is 0.179. The van der Waals surface area contributed by atoms with Crippen LogP contribution in [0.15, 0.2) is 23.1 Å². The minimum atomic E-state index is -0.845.